The van der Waals surface area contributed by atoms with Crippen LogP contribution in [0.15, 0.2) is 34.7 Å². The van der Waals surface area contributed by atoms with Crippen LogP contribution < -0.4 is 0 Å². The summed E-state index contributed by atoms with van der Waals surface area (Å²) in [6.07, 6.45) is -4.45. The van der Waals surface area contributed by atoms with Crippen molar-refractivity contribution in [3.63, 3.8) is 0 Å². The van der Waals surface area contributed by atoms with Crippen LogP contribution >= 0.6 is 0 Å². The second-order valence-corrected chi connectivity index (χ2v) is 4.79. The van der Waals surface area contributed by atoms with E-state index in [-0.39, 0.29) is 23.7 Å². The maximum Gasteiger partial charge on any atom is 0.416 e. The summed E-state index contributed by atoms with van der Waals surface area (Å²) in [6, 6.07) is 5.58. The minimum atomic E-state index is -4.45. The molecule has 0 saturated heterocycles. The third-order valence-electron chi connectivity index (χ3n) is 3.12. The van der Waals surface area contributed by atoms with Crippen molar-refractivity contribution in [2.24, 2.45) is 0 Å². The molecule has 0 amide bonds. The molecule has 8 heteroatoms. The molecular formula is C16H13F3O5. The minimum Gasteiger partial charge on any atom is -0.465 e. The van der Waals surface area contributed by atoms with Gasteiger partial charge >= 0.3 is 18.1 Å². The third-order valence-corrected chi connectivity index (χ3v) is 3.12. The van der Waals surface area contributed by atoms with E-state index < -0.39 is 23.7 Å². The fourth-order valence-corrected chi connectivity index (χ4v) is 1.95. The van der Waals surface area contributed by atoms with Gasteiger partial charge in [-0.2, -0.15) is 13.2 Å². The molecule has 0 fully saturated rings. The summed E-state index contributed by atoms with van der Waals surface area (Å²) >= 11 is 0. The third kappa shape index (κ3) is 3.95. The Hall–Kier alpha value is -2.77. The molecular weight excluding hydrogens is 329 g/mol. The van der Waals surface area contributed by atoms with E-state index in [0.29, 0.717) is 5.56 Å². The predicted octanol–water partition coefficient (Wildman–Crippen LogP) is 3.82. The molecule has 128 valence electrons. The topological polar surface area (TPSA) is 65.7 Å². The first-order valence-corrected chi connectivity index (χ1v) is 6.74. The molecule has 1 aromatic carbocycles. The van der Waals surface area contributed by atoms with Crippen LogP contribution in [0.25, 0.3) is 11.3 Å². The summed E-state index contributed by atoms with van der Waals surface area (Å²) in [5.74, 6) is -1.07. The molecule has 0 saturated carbocycles. The van der Waals surface area contributed by atoms with Crippen molar-refractivity contribution in [1.29, 1.82) is 0 Å². The number of benzene rings is 1. The molecule has 1 aromatic heterocycles. The van der Waals surface area contributed by atoms with Crippen molar-refractivity contribution in [1.82, 2.24) is 0 Å². The van der Waals surface area contributed by atoms with E-state index in [4.69, 9.17) is 9.15 Å². The Morgan fingerprint density at radius 3 is 2.29 bits per heavy atom. The van der Waals surface area contributed by atoms with Crippen molar-refractivity contribution in [3.8, 4) is 11.3 Å². The van der Waals surface area contributed by atoms with Crippen LogP contribution in [0.3, 0.4) is 0 Å². The lowest BCUT2D eigenvalue weighted by atomic mass is 10.1. The van der Waals surface area contributed by atoms with Gasteiger partial charge < -0.3 is 13.9 Å². The van der Waals surface area contributed by atoms with E-state index in [1.165, 1.54) is 32.2 Å². The molecule has 0 N–H and O–H groups in total. The van der Waals surface area contributed by atoms with Gasteiger partial charge in [0.1, 0.15) is 17.9 Å². The number of carbonyl (C=O) groups is 2. The highest BCUT2D eigenvalue weighted by molar-refractivity contribution is 5.92. The van der Waals surface area contributed by atoms with Gasteiger partial charge in [-0.05, 0) is 18.2 Å². The zero-order valence-electron chi connectivity index (χ0n) is 12.8. The number of rotatable bonds is 4. The summed E-state index contributed by atoms with van der Waals surface area (Å²) in [7, 11) is 1.17. The van der Waals surface area contributed by atoms with Gasteiger partial charge in [0.05, 0.1) is 12.7 Å². The van der Waals surface area contributed by atoms with Crippen molar-refractivity contribution in [2.45, 2.75) is 19.7 Å². The Balaban J connectivity index is 2.36. The van der Waals surface area contributed by atoms with Gasteiger partial charge in [0.15, 0.2) is 5.76 Å². The Morgan fingerprint density at radius 2 is 1.79 bits per heavy atom. The van der Waals surface area contributed by atoms with Crippen molar-refractivity contribution in [2.75, 3.05) is 7.11 Å². The van der Waals surface area contributed by atoms with Crippen molar-refractivity contribution >= 4 is 11.9 Å². The Labute approximate surface area is 135 Å². The van der Waals surface area contributed by atoms with Crippen LogP contribution in [0.1, 0.15) is 28.6 Å². The molecule has 0 aliphatic heterocycles. The molecule has 0 aliphatic carbocycles. The van der Waals surface area contributed by atoms with E-state index in [1.54, 1.807) is 0 Å². The highest BCUT2D eigenvalue weighted by atomic mass is 19.4. The lowest BCUT2D eigenvalue weighted by Gasteiger charge is -2.06. The van der Waals surface area contributed by atoms with Crippen LogP contribution in [-0.2, 0) is 27.1 Å². The van der Waals surface area contributed by atoms with Gasteiger partial charge in [0, 0.05) is 12.5 Å². The molecule has 0 aliphatic rings. The fourth-order valence-electron chi connectivity index (χ4n) is 1.95. The number of halogens is 3. The molecule has 0 atom stereocenters. The minimum absolute atomic E-state index is 0.0358. The lowest BCUT2D eigenvalue weighted by Crippen LogP contribution is -2.05. The summed E-state index contributed by atoms with van der Waals surface area (Å²) in [4.78, 5) is 22.6. The number of hydrogen-bond donors (Lipinski definition) is 0. The van der Waals surface area contributed by atoms with Gasteiger partial charge in [0.2, 0.25) is 0 Å². The number of esters is 2. The van der Waals surface area contributed by atoms with Crippen LogP contribution in [0.4, 0.5) is 13.2 Å². The molecule has 2 rings (SSSR count). The second kappa shape index (κ2) is 6.77. The first kappa shape index (κ1) is 17.6. The average molecular weight is 342 g/mol. The number of alkyl halides is 3. The number of hydrogen-bond acceptors (Lipinski definition) is 5. The van der Waals surface area contributed by atoms with Crippen LogP contribution in [0.5, 0.6) is 0 Å². The highest BCUT2D eigenvalue weighted by Gasteiger charge is 2.30. The number of furan rings is 1. The molecule has 5 nitrogen and oxygen atoms in total. The maximum absolute atomic E-state index is 12.6. The van der Waals surface area contributed by atoms with Crippen molar-refractivity contribution < 1.29 is 36.7 Å². The molecule has 1 heterocycles. The fraction of sp³-hybridized carbons (Fsp3) is 0.250. The first-order valence-electron chi connectivity index (χ1n) is 6.74. The second-order valence-electron chi connectivity index (χ2n) is 4.79. The monoisotopic (exact) mass is 342 g/mol. The summed E-state index contributed by atoms with van der Waals surface area (Å²) in [6.45, 7) is 0.901. The molecule has 0 spiro atoms. The SMILES string of the molecule is COC(=O)c1cc(-c2ccc(C(F)(F)F)cc2)oc1COC(C)=O. The Morgan fingerprint density at radius 1 is 1.17 bits per heavy atom. The summed E-state index contributed by atoms with van der Waals surface area (Å²) < 4.78 is 52.6. The van der Waals surface area contributed by atoms with E-state index in [2.05, 4.69) is 4.74 Å². The predicted molar refractivity (Wildman–Crippen MR) is 76.0 cm³/mol. The molecule has 0 unspecified atom stereocenters. The molecule has 0 bridgehead atoms. The summed E-state index contributed by atoms with van der Waals surface area (Å²) in [5.41, 5.74) is -0.429. The number of carbonyl (C=O) groups excluding carboxylic acids is 2. The Kier molecular flexibility index (Phi) is 4.96. The highest BCUT2D eigenvalue weighted by Crippen LogP contribution is 2.32. The first-order chi connectivity index (χ1) is 11.2. The normalized spacial score (nSPS) is 11.2. The van der Waals surface area contributed by atoms with E-state index in [1.807, 2.05) is 0 Å². The van der Waals surface area contributed by atoms with E-state index >= 15 is 0 Å². The Bertz CT molecular complexity index is 744. The molecule has 2 aromatic rings. The average Bonchev–Trinajstić information content (AvgIpc) is 2.95. The zero-order chi connectivity index (χ0) is 17.9. The lowest BCUT2D eigenvalue weighted by molar-refractivity contribution is -0.142. The summed E-state index contributed by atoms with van der Waals surface area (Å²) in [5, 5.41) is 0. The maximum atomic E-state index is 12.6. The smallest absolute Gasteiger partial charge is 0.416 e. The molecule has 0 radical (unpaired) electrons. The van der Waals surface area contributed by atoms with Gasteiger partial charge in [-0.1, -0.05) is 12.1 Å². The quantitative estimate of drug-likeness (QED) is 0.791. The van der Waals surface area contributed by atoms with Crippen LogP contribution in [0.2, 0.25) is 0 Å². The van der Waals surface area contributed by atoms with Gasteiger partial charge in [-0.3, -0.25) is 4.79 Å². The van der Waals surface area contributed by atoms with Crippen LogP contribution in [0, 0.1) is 0 Å². The standard InChI is InChI=1S/C16H13F3O5/c1-9(20)23-8-14-12(15(21)22-2)7-13(24-14)10-3-5-11(6-4-10)16(17,18)19/h3-7H,8H2,1-2H3. The largest absolute Gasteiger partial charge is 0.465 e. The number of ether oxygens (including phenoxy) is 2. The van der Waals surface area contributed by atoms with Gasteiger partial charge in [0.25, 0.3) is 0 Å². The van der Waals surface area contributed by atoms with Gasteiger partial charge in [-0.25, -0.2) is 4.79 Å². The number of methoxy groups -OCH3 is 1. The zero-order valence-corrected chi connectivity index (χ0v) is 12.8. The van der Waals surface area contributed by atoms with E-state index in [9.17, 15) is 22.8 Å². The molecule has 24 heavy (non-hydrogen) atoms. The van der Waals surface area contributed by atoms with Gasteiger partial charge in [-0.15, -0.1) is 0 Å². The van der Waals surface area contributed by atoms with Crippen molar-refractivity contribution in [3.05, 3.63) is 47.2 Å². The van der Waals surface area contributed by atoms with Crippen LogP contribution in [-0.4, -0.2) is 19.0 Å². The van der Waals surface area contributed by atoms with E-state index in [0.717, 1.165) is 12.1 Å².